The lowest BCUT2D eigenvalue weighted by Crippen LogP contribution is -2.48. The number of likely N-dealkylation sites (tertiary alicyclic amines) is 1. The van der Waals surface area contributed by atoms with Crippen molar-refractivity contribution in [1.82, 2.24) is 10.2 Å². The fraction of sp³-hybridized carbons (Fsp3) is 0.429. The third kappa shape index (κ3) is 3.88. The van der Waals surface area contributed by atoms with Gasteiger partial charge in [0.15, 0.2) is 0 Å². The second kappa shape index (κ2) is 8.32. The third-order valence-corrected chi connectivity index (χ3v) is 5.44. The van der Waals surface area contributed by atoms with Crippen LogP contribution < -0.4 is 11.1 Å². The van der Waals surface area contributed by atoms with Crippen molar-refractivity contribution in [1.29, 1.82) is 0 Å². The number of carbonyl (C=O) groups excluding carboxylic acids is 2. The van der Waals surface area contributed by atoms with Crippen LogP contribution in [0.3, 0.4) is 0 Å². The summed E-state index contributed by atoms with van der Waals surface area (Å²) in [6.45, 7) is 0.540. The normalized spacial score (nSPS) is 27.1. The number of likely N-dealkylation sites (N-methyl/N-ethyl adjacent to an activating group) is 1. The van der Waals surface area contributed by atoms with E-state index >= 15 is 0 Å². The Hall–Kier alpha value is -2.40. The SMILES string of the molecule is CNC(=O)C(c1ccccc1)N1CCC([C@H]2C=CC=CC2)C[C@H](N)C1=O. The first-order valence-corrected chi connectivity index (χ1v) is 9.27. The molecule has 0 bridgehead atoms. The van der Waals surface area contributed by atoms with Crippen LogP contribution in [0.5, 0.6) is 0 Å². The molecule has 0 saturated carbocycles. The van der Waals surface area contributed by atoms with Gasteiger partial charge in [0.05, 0.1) is 6.04 Å². The lowest BCUT2D eigenvalue weighted by atomic mass is 9.81. The molecule has 5 heteroatoms. The summed E-state index contributed by atoms with van der Waals surface area (Å²) in [5.41, 5.74) is 7.07. The van der Waals surface area contributed by atoms with Crippen molar-refractivity contribution in [2.75, 3.05) is 13.6 Å². The van der Waals surface area contributed by atoms with E-state index in [0.717, 1.165) is 18.4 Å². The first-order chi connectivity index (χ1) is 12.6. The number of nitrogens with two attached hydrogens (primary N) is 1. The Bertz CT molecular complexity index is 698. The molecule has 1 aromatic rings. The average Bonchev–Trinajstić information content (AvgIpc) is 2.83. The smallest absolute Gasteiger partial charge is 0.247 e. The number of carbonyl (C=O) groups is 2. The summed E-state index contributed by atoms with van der Waals surface area (Å²) in [5, 5.41) is 2.70. The zero-order valence-electron chi connectivity index (χ0n) is 15.2. The maximum Gasteiger partial charge on any atom is 0.247 e. The van der Waals surface area contributed by atoms with Gasteiger partial charge in [-0.3, -0.25) is 9.59 Å². The van der Waals surface area contributed by atoms with Crippen LogP contribution >= 0.6 is 0 Å². The van der Waals surface area contributed by atoms with E-state index in [2.05, 4.69) is 29.6 Å². The molecule has 2 amide bonds. The maximum absolute atomic E-state index is 13.0. The summed E-state index contributed by atoms with van der Waals surface area (Å²) in [6.07, 6.45) is 11.0. The molecule has 1 saturated heterocycles. The average molecular weight is 353 g/mol. The number of allylic oxidation sites excluding steroid dienone is 4. The highest BCUT2D eigenvalue weighted by molar-refractivity contribution is 5.90. The van der Waals surface area contributed by atoms with Gasteiger partial charge in [-0.1, -0.05) is 54.6 Å². The van der Waals surface area contributed by atoms with Crippen molar-refractivity contribution in [3.63, 3.8) is 0 Å². The number of hydrogen-bond donors (Lipinski definition) is 2. The molecule has 138 valence electrons. The molecule has 1 aliphatic heterocycles. The topological polar surface area (TPSA) is 75.4 Å². The van der Waals surface area contributed by atoms with Crippen molar-refractivity contribution in [3.8, 4) is 0 Å². The molecule has 1 aromatic carbocycles. The fourth-order valence-corrected chi connectivity index (χ4v) is 4.01. The number of nitrogens with zero attached hydrogens (tertiary/aromatic N) is 1. The first kappa shape index (κ1) is 18.4. The molecule has 1 fully saturated rings. The maximum atomic E-state index is 13.0. The Labute approximate surface area is 154 Å². The van der Waals surface area contributed by atoms with Crippen molar-refractivity contribution < 1.29 is 9.59 Å². The molecule has 0 radical (unpaired) electrons. The summed E-state index contributed by atoms with van der Waals surface area (Å²) in [4.78, 5) is 27.3. The van der Waals surface area contributed by atoms with Crippen molar-refractivity contribution in [2.24, 2.45) is 17.6 Å². The molecule has 26 heavy (non-hydrogen) atoms. The molecule has 0 aromatic heterocycles. The van der Waals surface area contributed by atoms with Gasteiger partial charge in [0.2, 0.25) is 11.8 Å². The summed E-state index contributed by atoms with van der Waals surface area (Å²) in [6, 6.07) is 8.23. The highest BCUT2D eigenvalue weighted by Crippen LogP contribution is 2.33. The van der Waals surface area contributed by atoms with E-state index in [4.69, 9.17) is 5.73 Å². The van der Waals surface area contributed by atoms with Gasteiger partial charge in [-0.25, -0.2) is 0 Å². The molecule has 1 heterocycles. The second-order valence-corrected chi connectivity index (χ2v) is 7.06. The zero-order valence-corrected chi connectivity index (χ0v) is 15.2. The largest absolute Gasteiger partial charge is 0.357 e. The van der Waals surface area contributed by atoms with E-state index in [1.807, 2.05) is 30.3 Å². The van der Waals surface area contributed by atoms with E-state index in [1.165, 1.54) is 0 Å². The van der Waals surface area contributed by atoms with Crippen LogP contribution in [-0.4, -0.2) is 36.3 Å². The highest BCUT2D eigenvalue weighted by Gasteiger charge is 2.38. The number of hydrogen-bond acceptors (Lipinski definition) is 3. The van der Waals surface area contributed by atoms with Gasteiger partial charge in [-0.15, -0.1) is 0 Å². The monoisotopic (exact) mass is 353 g/mol. The van der Waals surface area contributed by atoms with Crippen LogP contribution in [0, 0.1) is 11.8 Å². The Morgan fingerprint density at radius 1 is 1.27 bits per heavy atom. The summed E-state index contributed by atoms with van der Waals surface area (Å²) in [5.74, 6) is 0.436. The molecule has 2 aliphatic rings. The molecule has 5 nitrogen and oxygen atoms in total. The summed E-state index contributed by atoms with van der Waals surface area (Å²) < 4.78 is 0. The van der Waals surface area contributed by atoms with Crippen molar-refractivity contribution in [2.45, 2.75) is 31.3 Å². The fourth-order valence-electron chi connectivity index (χ4n) is 4.01. The standard InChI is InChI=1S/C21H27N3O2/c1-23-20(25)19(16-10-6-3-7-11-16)24-13-12-17(14-18(22)21(24)26)15-8-4-2-5-9-15/h2-8,10-11,15,17-19H,9,12-14,22H2,1H3,(H,23,25)/t15-,17?,18-,19?/m0/s1. The van der Waals surface area contributed by atoms with Crippen LogP contribution in [0.1, 0.15) is 30.9 Å². The van der Waals surface area contributed by atoms with E-state index in [9.17, 15) is 9.59 Å². The van der Waals surface area contributed by atoms with Gasteiger partial charge in [-0.05, 0) is 36.7 Å². The number of amides is 2. The van der Waals surface area contributed by atoms with Crippen LogP contribution in [0.2, 0.25) is 0 Å². The first-order valence-electron chi connectivity index (χ1n) is 9.27. The molecule has 0 spiro atoms. The minimum Gasteiger partial charge on any atom is -0.357 e. The minimum atomic E-state index is -0.639. The Kier molecular flexibility index (Phi) is 5.89. The van der Waals surface area contributed by atoms with E-state index in [0.29, 0.717) is 24.8 Å². The minimum absolute atomic E-state index is 0.139. The van der Waals surface area contributed by atoms with Gasteiger partial charge >= 0.3 is 0 Å². The molecule has 3 rings (SSSR count). The van der Waals surface area contributed by atoms with Crippen LogP contribution in [0.4, 0.5) is 0 Å². The Balaban J connectivity index is 1.85. The third-order valence-electron chi connectivity index (χ3n) is 5.44. The van der Waals surface area contributed by atoms with Gasteiger partial charge in [0, 0.05) is 13.6 Å². The zero-order chi connectivity index (χ0) is 18.5. The highest BCUT2D eigenvalue weighted by atomic mass is 16.2. The Morgan fingerprint density at radius 2 is 2.04 bits per heavy atom. The molecule has 2 unspecified atom stereocenters. The lowest BCUT2D eigenvalue weighted by molar-refractivity contribution is -0.141. The predicted molar refractivity (Wildman–Crippen MR) is 102 cm³/mol. The van der Waals surface area contributed by atoms with E-state index < -0.39 is 12.1 Å². The summed E-state index contributed by atoms with van der Waals surface area (Å²) in [7, 11) is 1.60. The quantitative estimate of drug-likeness (QED) is 0.871. The molecule has 1 aliphatic carbocycles. The summed E-state index contributed by atoms with van der Waals surface area (Å²) >= 11 is 0. The number of nitrogens with one attached hydrogen (secondary N) is 1. The molecular formula is C21H27N3O2. The van der Waals surface area contributed by atoms with E-state index in [-0.39, 0.29) is 11.8 Å². The van der Waals surface area contributed by atoms with Gasteiger partial charge in [-0.2, -0.15) is 0 Å². The van der Waals surface area contributed by atoms with Crippen molar-refractivity contribution >= 4 is 11.8 Å². The lowest BCUT2D eigenvalue weighted by Gasteiger charge is -2.31. The van der Waals surface area contributed by atoms with Crippen LogP contribution in [0.25, 0.3) is 0 Å². The van der Waals surface area contributed by atoms with Gasteiger partial charge < -0.3 is 16.0 Å². The molecular weight excluding hydrogens is 326 g/mol. The number of benzene rings is 1. The Morgan fingerprint density at radius 3 is 2.69 bits per heavy atom. The van der Waals surface area contributed by atoms with Gasteiger partial charge in [0.1, 0.15) is 6.04 Å². The van der Waals surface area contributed by atoms with E-state index in [1.54, 1.807) is 11.9 Å². The van der Waals surface area contributed by atoms with Crippen LogP contribution in [0.15, 0.2) is 54.6 Å². The van der Waals surface area contributed by atoms with Crippen LogP contribution in [-0.2, 0) is 9.59 Å². The number of rotatable bonds is 4. The molecule has 4 atom stereocenters. The van der Waals surface area contributed by atoms with Crippen molar-refractivity contribution in [3.05, 3.63) is 60.2 Å². The second-order valence-electron chi connectivity index (χ2n) is 7.06. The predicted octanol–water partition coefficient (Wildman–Crippen LogP) is 2.17. The molecule has 3 N–H and O–H groups in total. The van der Waals surface area contributed by atoms with Gasteiger partial charge in [0.25, 0.3) is 0 Å².